The molecule has 0 heterocycles. The zero-order valence-corrected chi connectivity index (χ0v) is 8.61. The molecular weight excluding hydrogens is 134 g/mol. The molecule has 0 bridgehead atoms. The molecule has 64 valence electrons. The molecule has 0 atom stereocenters. The van der Waals surface area contributed by atoms with Crippen LogP contribution in [-0.2, 0) is 4.74 Å². The summed E-state index contributed by atoms with van der Waals surface area (Å²) in [5.74, 6) is 0.759. The highest BCUT2D eigenvalue weighted by molar-refractivity contribution is 6.37. The number of ether oxygens (including phenoxy) is 1. The van der Waals surface area contributed by atoms with Gasteiger partial charge in [-0.05, 0) is 5.31 Å². The molecule has 0 spiro atoms. The van der Waals surface area contributed by atoms with Crippen LogP contribution in [0.5, 0.6) is 0 Å². The van der Waals surface area contributed by atoms with Crippen LogP contribution in [0.2, 0.25) is 11.1 Å². The molecule has 0 saturated heterocycles. The third kappa shape index (κ3) is 10.1. The summed E-state index contributed by atoms with van der Waals surface area (Å²) >= 11 is 0. The molecule has 0 saturated carbocycles. The Bertz CT molecular complexity index is 96.8. The van der Waals surface area contributed by atoms with Gasteiger partial charge in [-0.3, -0.25) is 0 Å². The van der Waals surface area contributed by atoms with Crippen molar-refractivity contribution >= 4 is 15.1 Å². The minimum absolute atomic E-state index is 0.316. The highest BCUT2D eigenvalue weighted by Gasteiger charge is 2.10. The van der Waals surface area contributed by atoms with E-state index in [4.69, 9.17) is 4.74 Å². The summed E-state index contributed by atoms with van der Waals surface area (Å²) < 4.78 is 5.51. The van der Waals surface area contributed by atoms with Gasteiger partial charge in [-0.15, -0.1) is 0 Å². The summed E-state index contributed by atoms with van der Waals surface area (Å²) in [5.41, 5.74) is 0. The smallest absolute Gasteiger partial charge is 0.156 e. The summed E-state index contributed by atoms with van der Waals surface area (Å²) in [6, 6.07) is 0. The predicted molar refractivity (Wildman–Crippen MR) is 55.7 cm³/mol. The zero-order valence-electron chi connectivity index (χ0n) is 8.61. The van der Waals surface area contributed by atoms with Crippen molar-refractivity contribution in [1.29, 1.82) is 0 Å². The Morgan fingerprint density at radius 2 is 2.00 bits per heavy atom. The average Bonchev–Trinajstić information content (AvgIpc) is 1.78. The Morgan fingerprint density at radius 1 is 1.45 bits per heavy atom. The first-order valence-corrected chi connectivity index (χ1v) is 4.49. The molecule has 0 aromatic carbocycles. The summed E-state index contributed by atoms with van der Waals surface area (Å²) in [7, 11) is 3.37. The molecule has 3 heteroatoms. The molecule has 0 radical (unpaired) electrons. The normalized spacial score (nSPS) is 12.1. The van der Waals surface area contributed by atoms with E-state index in [1.165, 1.54) is 7.28 Å². The van der Waals surface area contributed by atoms with E-state index in [0.29, 0.717) is 5.31 Å². The van der Waals surface area contributed by atoms with Crippen molar-refractivity contribution in [2.45, 2.75) is 38.8 Å². The molecule has 0 rings (SSSR count). The second kappa shape index (κ2) is 4.87. The van der Waals surface area contributed by atoms with Crippen molar-refractivity contribution in [2.24, 2.45) is 0 Å². The van der Waals surface area contributed by atoms with E-state index < -0.39 is 0 Å². The zero-order chi connectivity index (χ0) is 8.91. The fourth-order valence-corrected chi connectivity index (χ4v) is 0.697. The molecular formula is C8H20B2O. The largest absolute Gasteiger partial charge is 0.390 e. The van der Waals surface area contributed by atoms with Crippen molar-refractivity contribution in [2.75, 3.05) is 13.1 Å². The number of hydrogen-bond acceptors (Lipinski definition) is 1. The van der Waals surface area contributed by atoms with Crippen LogP contribution in [-0.4, -0.2) is 28.2 Å². The highest BCUT2D eigenvalue weighted by atomic mass is 16.5. The van der Waals surface area contributed by atoms with Gasteiger partial charge in [-0.2, -0.15) is 0 Å². The van der Waals surface area contributed by atoms with Crippen molar-refractivity contribution in [3.05, 3.63) is 0 Å². The molecule has 0 aromatic rings. The predicted octanol–water partition coefficient (Wildman–Crippen LogP) is 1.06. The first-order chi connectivity index (χ1) is 4.92. The van der Waals surface area contributed by atoms with Crippen LogP contribution < -0.4 is 0 Å². The first-order valence-electron chi connectivity index (χ1n) is 4.49. The number of rotatable bonds is 5. The minimum Gasteiger partial charge on any atom is -0.390 e. The van der Waals surface area contributed by atoms with Crippen LogP contribution in [0.25, 0.3) is 0 Å². The van der Waals surface area contributed by atoms with Crippen molar-refractivity contribution in [1.82, 2.24) is 0 Å². The Labute approximate surface area is 72.5 Å². The van der Waals surface area contributed by atoms with E-state index in [2.05, 4.69) is 35.5 Å². The fraction of sp³-hybridized carbons (Fsp3) is 1.00. The lowest BCUT2D eigenvalue weighted by Gasteiger charge is -2.18. The maximum Gasteiger partial charge on any atom is 0.156 e. The van der Waals surface area contributed by atoms with Gasteiger partial charge in [0.2, 0.25) is 0 Å². The molecule has 11 heavy (non-hydrogen) atoms. The Hall–Kier alpha value is 0.0899. The third-order valence-corrected chi connectivity index (χ3v) is 1.37. The molecule has 0 unspecified atom stereocenters. The van der Waals surface area contributed by atoms with E-state index >= 15 is 0 Å². The van der Waals surface area contributed by atoms with E-state index in [1.54, 1.807) is 0 Å². The lowest BCUT2D eigenvalue weighted by atomic mass is 9.67. The fourth-order valence-electron chi connectivity index (χ4n) is 0.697. The van der Waals surface area contributed by atoms with Crippen LogP contribution >= 0.6 is 0 Å². The maximum atomic E-state index is 5.51. The topological polar surface area (TPSA) is 9.23 Å². The molecule has 0 N–H and O–H groups in total. The van der Waals surface area contributed by atoms with Gasteiger partial charge in [-0.25, -0.2) is 0 Å². The van der Waals surface area contributed by atoms with Gasteiger partial charge >= 0.3 is 0 Å². The summed E-state index contributed by atoms with van der Waals surface area (Å²) in [5, 5.41) is 0.316. The van der Waals surface area contributed by atoms with E-state index in [-0.39, 0.29) is 0 Å². The first kappa shape index (κ1) is 11.1. The van der Waals surface area contributed by atoms with Crippen molar-refractivity contribution in [3.8, 4) is 0 Å². The van der Waals surface area contributed by atoms with Crippen LogP contribution in [0.15, 0.2) is 0 Å². The average molecular weight is 154 g/mol. The quantitative estimate of drug-likeness (QED) is 0.424. The second-order valence-corrected chi connectivity index (χ2v) is 4.80. The Balaban J connectivity index is 3.15. The molecule has 0 aliphatic rings. The minimum atomic E-state index is 0.316. The van der Waals surface area contributed by atoms with Gasteiger partial charge in [0, 0.05) is 13.1 Å². The molecule has 1 nitrogen and oxygen atoms in total. The lowest BCUT2D eigenvalue weighted by molar-refractivity contribution is 0.153. The SMILES string of the molecule is BC(C)(C)COCBC(C)C. The summed E-state index contributed by atoms with van der Waals surface area (Å²) in [6.07, 6.45) is 0. The lowest BCUT2D eigenvalue weighted by Crippen LogP contribution is -2.15. The second-order valence-electron chi connectivity index (χ2n) is 4.80. The Morgan fingerprint density at radius 3 is 2.36 bits per heavy atom. The van der Waals surface area contributed by atoms with Crippen LogP contribution in [0.4, 0.5) is 0 Å². The van der Waals surface area contributed by atoms with Gasteiger partial charge in [0.25, 0.3) is 0 Å². The highest BCUT2D eigenvalue weighted by Crippen LogP contribution is 2.17. The number of hydrogen-bond donors (Lipinski definition) is 0. The molecule has 0 aromatic heterocycles. The van der Waals surface area contributed by atoms with Crippen molar-refractivity contribution < 1.29 is 4.74 Å². The van der Waals surface area contributed by atoms with Crippen LogP contribution in [0.1, 0.15) is 27.7 Å². The van der Waals surface area contributed by atoms with E-state index in [9.17, 15) is 0 Å². The standard InChI is InChI=1S/C8H20B2O/c1-7(2)10-6-11-5-8(3,4)9/h7,10H,5-6,9H2,1-4H3. The summed E-state index contributed by atoms with van der Waals surface area (Å²) in [4.78, 5) is 0. The monoisotopic (exact) mass is 154 g/mol. The van der Waals surface area contributed by atoms with Crippen molar-refractivity contribution in [3.63, 3.8) is 0 Å². The van der Waals surface area contributed by atoms with E-state index in [0.717, 1.165) is 18.9 Å². The van der Waals surface area contributed by atoms with Crippen LogP contribution in [0.3, 0.4) is 0 Å². The summed E-state index contributed by atoms with van der Waals surface area (Å²) in [6.45, 7) is 10.6. The Kier molecular flexibility index (Phi) is 4.91. The van der Waals surface area contributed by atoms with Gasteiger partial charge in [0.15, 0.2) is 7.28 Å². The van der Waals surface area contributed by atoms with Gasteiger partial charge in [0.05, 0.1) is 0 Å². The van der Waals surface area contributed by atoms with E-state index in [1.807, 2.05) is 0 Å². The van der Waals surface area contributed by atoms with Gasteiger partial charge in [-0.1, -0.05) is 33.5 Å². The van der Waals surface area contributed by atoms with Gasteiger partial charge < -0.3 is 4.74 Å². The maximum absolute atomic E-state index is 5.51. The molecule has 0 amide bonds. The molecule has 0 fully saturated rings. The van der Waals surface area contributed by atoms with Gasteiger partial charge in [0.1, 0.15) is 7.85 Å². The molecule has 0 aliphatic heterocycles. The molecule has 0 aliphatic carbocycles. The van der Waals surface area contributed by atoms with Crippen LogP contribution in [0, 0.1) is 0 Å². The third-order valence-electron chi connectivity index (χ3n) is 1.37.